The fourth-order valence-electron chi connectivity index (χ4n) is 2.41. The van der Waals surface area contributed by atoms with Crippen molar-refractivity contribution in [3.63, 3.8) is 0 Å². The Morgan fingerprint density at radius 1 is 1.47 bits per heavy atom. The lowest BCUT2D eigenvalue weighted by Gasteiger charge is -2.19. The number of hydrogen-bond donors (Lipinski definition) is 1. The largest absolute Gasteiger partial charge is 0.497 e. The van der Waals surface area contributed by atoms with Crippen LogP contribution in [0.3, 0.4) is 0 Å². The van der Waals surface area contributed by atoms with Crippen LogP contribution in [0, 0.1) is 0 Å². The third-order valence-electron chi connectivity index (χ3n) is 3.32. The molecule has 0 fully saturated rings. The number of rotatable bonds is 2. The standard InChI is InChI=1S/C14H13NO4/c1-18-8-2-3-9-12(6-8)15-11-4-5-19-7-10(11)13(9)14(16)17/h2-3,6H,4-5,7H2,1H3,(H,16,17). The predicted molar refractivity (Wildman–Crippen MR) is 68.6 cm³/mol. The number of fused-ring (bicyclic) bond motifs is 2. The van der Waals surface area contributed by atoms with Crippen molar-refractivity contribution in [3.05, 3.63) is 35.0 Å². The van der Waals surface area contributed by atoms with Crippen LogP contribution in [0.25, 0.3) is 10.9 Å². The minimum absolute atomic E-state index is 0.294. The Morgan fingerprint density at radius 3 is 3.05 bits per heavy atom. The SMILES string of the molecule is COc1ccc2c(C(=O)O)c3c(nc2c1)CCOC3. The van der Waals surface area contributed by atoms with E-state index < -0.39 is 5.97 Å². The zero-order chi connectivity index (χ0) is 13.4. The van der Waals surface area contributed by atoms with E-state index in [1.54, 1.807) is 25.3 Å². The maximum atomic E-state index is 11.5. The highest BCUT2D eigenvalue weighted by molar-refractivity contribution is 6.04. The number of carbonyl (C=O) groups is 1. The Bertz CT molecular complexity index is 666. The summed E-state index contributed by atoms with van der Waals surface area (Å²) in [5.74, 6) is -0.275. The quantitative estimate of drug-likeness (QED) is 0.893. The van der Waals surface area contributed by atoms with Crippen LogP contribution in [-0.2, 0) is 17.8 Å². The van der Waals surface area contributed by atoms with Crippen LogP contribution in [-0.4, -0.2) is 29.8 Å². The van der Waals surface area contributed by atoms with E-state index in [2.05, 4.69) is 4.98 Å². The summed E-state index contributed by atoms with van der Waals surface area (Å²) in [5.41, 5.74) is 2.44. The van der Waals surface area contributed by atoms with Crippen LogP contribution in [0.1, 0.15) is 21.6 Å². The van der Waals surface area contributed by atoms with Gasteiger partial charge in [0.2, 0.25) is 0 Å². The van der Waals surface area contributed by atoms with E-state index in [9.17, 15) is 9.90 Å². The molecular formula is C14H13NO4. The third kappa shape index (κ3) is 1.92. The molecule has 19 heavy (non-hydrogen) atoms. The van der Waals surface area contributed by atoms with Gasteiger partial charge in [0.05, 0.1) is 31.4 Å². The van der Waals surface area contributed by atoms with Gasteiger partial charge in [-0.3, -0.25) is 4.98 Å². The molecule has 1 aromatic carbocycles. The molecule has 98 valence electrons. The number of aromatic nitrogens is 1. The van der Waals surface area contributed by atoms with E-state index in [4.69, 9.17) is 9.47 Å². The summed E-state index contributed by atoms with van der Waals surface area (Å²) in [5, 5.41) is 10.1. The third-order valence-corrected chi connectivity index (χ3v) is 3.32. The number of benzene rings is 1. The van der Waals surface area contributed by atoms with Gasteiger partial charge >= 0.3 is 5.97 Å². The van der Waals surface area contributed by atoms with Crippen LogP contribution in [0.15, 0.2) is 18.2 Å². The molecule has 0 saturated carbocycles. The predicted octanol–water partition coefficient (Wildman–Crippen LogP) is 2.01. The fourth-order valence-corrected chi connectivity index (χ4v) is 2.41. The molecule has 0 unspecified atom stereocenters. The Labute approximate surface area is 109 Å². The number of carboxylic acid groups (broad SMARTS) is 1. The highest BCUT2D eigenvalue weighted by Crippen LogP contribution is 2.29. The van der Waals surface area contributed by atoms with Gasteiger partial charge in [0.15, 0.2) is 0 Å². The Morgan fingerprint density at radius 2 is 2.32 bits per heavy atom. The number of aromatic carboxylic acids is 1. The van der Waals surface area contributed by atoms with Crippen molar-refractivity contribution in [2.75, 3.05) is 13.7 Å². The van der Waals surface area contributed by atoms with E-state index >= 15 is 0 Å². The van der Waals surface area contributed by atoms with Crippen molar-refractivity contribution in [1.29, 1.82) is 0 Å². The first-order valence-corrected chi connectivity index (χ1v) is 6.01. The number of carboxylic acids is 1. The summed E-state index contributed by atoms with van der Waals surface area (Å²) in [6.07, 6.45) is 0.642. The highest BCUT2D eigenvalue weighted by Gasteiger charge is 2.22. The molecule has 1 aliphatic rings. The van der Waals surface area contributed by atoms with Gasteiger partial charge in [-0.15, -0.1) is 0 Å². The molecular weight excluding hydrogens is 246 g/mol. The second-order valence-corrected chi connectivity index (χ2v) is 4.40. The van der Waals surface area contributed by atoms with Crippen LogP contribution in [0.2, 0.25) is 0 Å². The van der Waals surface area contributed by atoms with Gasteiger partial charge in [-0.25, -0.2) is 4.79 Å². The normalized spacial score (nSPS) is 14.2. The van der Waals surface area contributed by atoms with E-state index in [0.29, 0.717) is 47.4 Å². The molecule has 0 amide bonds. The van der Waals surface area contributed by atoms with Crippen LogP contribution >= 0.6 is 0 Å². The number of methoxy groups -OCH3 is 1. The number of nitrogens with zero attached hydrogens (tertiary/aromatic N) is 1. The van der Waals surface area contributed by atoms with Gasteiger partial charge in [0, 0.05) is 29.1 Å². The molecule has 0 bridgehead atoms. The molecule has 1 aliphatic heterocycles. The van der Waals surface area contributed by atoms with Crippen molar-refractivity contribution in [2.24, 2.45) is 0 Å². The molecule has 2 heterocycles. The maximum Gasteiger partial charge on any atom is 0.336 e. The Kier molecular flexibility index (Phi) is 2.83. The maximum absolute atomic E-state index is 11.5. The molecule has 5 heteroatoms. The van der Waals surface area contributed by atoms with Gasteiger partial charge in [0.1, 0.15) is 5.75 Å². The molecule has 5 nitrogen and oxygen atoms in total. The summed E-state index contributed by atoms with van der Waals surface area (Å²) < 4.78 is 10.5. The average molecular weight is 259 g/mol. The first-order valence-electron chi connectivity index (χ1n) is 6.01. The summed E-state index contributed by atoms with van der Waals surface area (Å²) >= 11 is 0. The van der Waals surface area contributed by atoms with Crippen molar-refractivity contribution < 1.29 is 19.4 Å². The van der Waals surface area contributed by atoms with Crippen molar-refractivity contribution >= 4 is 16.9 Å². The van der Waals surface area contributed by atoms with Gasteiger partial charge in [-0.05, 0) is 12.1 Å². The monoisotopic (exact) mass is 259 g/mol. The van der Waals surface area contributed by atoms with Crippen molar-refractivity contribution in [3.8, 4) is 5.75 Å². The minimum atomic E-state index is -0.945. The number of ether oxygens (including phenoxy) is 2. The van der Waals surface area contributed by atoms with Crippen molar-refractivity contribution in [1.82, 2.24) is 4.98 Å². The molecule has 1 N–H and O–H groups in total. The second kappa shape index (κ2) is 4.51. The van der Waals surface area contributed by atoms with Gasteiger partial charge in [-0.2, -0.15) is 0 Å². The van der Waals surface area contributed by atoms with E-state index in [1.807, 2.05) is 0 Å². The molecule has 0 spiro atoms. The minimum Gasteiger partial charge on any atom is -0.497 e. The molecule has 0 saturated heterocycles. The lowest BCUT2D eigenvalue weighted by atomic mass is 9.98. The van der Waals surface area contributed by atoms with E-state index in [0.717, 1.165) is 5.69 Å². The lowest BCUT2D eigenvalue weighted by molar-refractivity contribution is 0.0683. The van der Waals surface area contributed by atoms with Crippen LogP contribution < -0.4 is 4.74 Å². The molecule has 3 rings (SSSR count). The van der Waals surface area contributed by atoms with Crippen LogP contribution in [0.4, 0.5) is 0 Å². The first kappa shape index (κ1) is 11.9. The smallest absolute Gasteiger partial charge is 0.336 e. The lowest BCUT2D eigenvalue weighted by Crippen LogP contribution is -2.17. The molecule has 0 radical (unpaired) electrons. The highest BCUT2D eigenvalue weighted by atomic mass is 16.5. The van der Waals surface area contributed by atoms with E-state index in [-0.39, 0.29) is 0 Å². The van der Waals surface area contributed by atoms with Crippen LogP contribution in [0.5, 0.6) is 5.75 Å². The molecule has 1 aromatic heterocycles. The Balaban J connectivity index is 2.35. The fraction of sp³-hybridized carbons (Fsp3) is 0.286. The average Bonchev–Trinajstić information content (AvgIpc) is 2.43. The van der Waals surface area contributed by atoms with E-state index in [1.165, 1.54) is 0 Å². The molecule has 0 atom stereocenters. The zero-order valence-electron chi connectivity index (χ0n) is 10.5. The topological polar surface area (TPSA) is 68.7 Å². The molecule has 2 aromatic rings. The summed E-state index contributed by atoms with van der Waals surface area (Å²) in [6, 6.07) is 5.24. The first-order chi connectivity index (χ1) is 9.20. The van der Waals surface area contributed by atoms with Gasteiger partial charge in [-0.1, -0.05) is 0 Å². The zero-order valence-corrected chi connectivity index (χ0v) is 10.5. The summed E-state index contributed by atoms with van der Waals surface area (Å²) in [4.78, 5) is 16.1. The number of pyridine rings is 1. The van der Waals surface area contributed by atoms with Gasteiger partial charge < -0.3 is 14.6 Å². The molecule has 0 aliphatic carbocycles. The van der Waals surface area contributed by atoms with Crippen molar-refractivity contribution in [2.45, 2.75) is 13.0 Å². The number of hydrogen-bond acceptors (Lipinski definition) is 4. The second-order valence-electron chi connectivity index (χ2n) is 4.40. The Hall–Kier alpha value is -2.14. The summed E-state index contributed by atoms with van der Waals surface area (Å²) in [7, 11) is 1.57. The summed E-state index contributed by atoms with van der Waals surface area (Å²) in [6.45, 7) is 0.889. The van der Waals surface area contributed by atoms with Gasteiger partial charge in [0.25, 0.3) is 0 Å².